The maximum Gasteiger partial charge on any atom is 1.00 e. The second-order valence-corrected chi connectivity index (χ2v) is 3.74. The van der Waals surface area contributed by atoms with Crippen LogP contribution >= 0.6 is 0 Å². The van der Waals surface area contributed by atoms with Gasteiger partial charge in [0.15, 0.2) is 0 Å². The van der Waals surface area contributed by atoms with Gasteiger partial charge in [-0.15, -0.1) is 24.4 Å². The summed E-state index contributed by atoms with van der Waals surface area (Å²) < 4.78 is 0. The van der Waals surface area contributed by atoms with Gasteiger partial charge in [0.1, 0.15) is 0 Å². The van der Waals surface area contributed by atoms with Crippen molar-refractivity contribution in [3.05, 3.63) is 78.0 Å². The number of para-hydroxylation sites is 1. The first-order valence-corrected chi connectivity index (χ1v) is 5.48. The smallest absolute Gasteiger partial charge is 0.685 e. The van der Waals surface area contributed by atoms with Gasteiger partial charge in [-0.25, -0.2) is 0 Å². The van der Waals surface area contributed by atoms with Gasteiger partial charge in [-0.3, -0.25) is 0 Å². The van der Waals surface area contributed by atoms with Gasteiger partial charge in [-0.2, -0.15) is 24.1 Å². The predicted octanol–water partition coefficient (Wildman–Crippen LogP) is -1.88. The molecule has 0 unspecified atom stereocenters. The molecule has 2 rings (SSSR count). The van der Waals surface area contributed by atoms with E-state index in [0.717, 1.165) is 24.2 Å². The molecule has 18 heavy (non-hydrogen) atoms. The van der Waals surface area contributed by atoms with Crippen molar-refractivity contribution < 1.29 is 37.7 Å². The van der Waals surface area contributed by atoms with Crippen LogP contribution in [0.15, 0.2) is 54.6 Å². The van der Waals surface area contributed by atoms with Crippen molar-refractivity contribution in [1.29, 1.82) is 0 Å². The fourth-order valence-electron chi connectivity index (χ4n) is 1.64. The molecule has 0 spiro atoms. The summed E-state index contributed by atoms with van der Waals surface area (Å²) in [6, 6.07) is 18.3. The summed E-state index contributed by atoms with van der Waals surface area (Å²) in [4.78, 5) is 0. The minimum atomic E-state index is 0. The van der Waals surface area contributed by atoms with Crippen molar-refractivity contribution in [2.24, 2.45) is 0 Å². The third-order valence-electron chi connectivity index (χ3n) is 2.55. The SMILES string of the molecule is [CH2-]c1ccccc1CC[N-]c1ccccc1.[Li+].[Li+]. The minimum absolute atomic E-state index is 0. The van der Waals surface area contributed by atoms with Gasteiger partial charge in [-0.05, 0) is 0 Å². The Hall–Kier alpha value is -0.695. The second-order valence-electron chi connectivity index (χ2n) is 3.74. The van der Waals surface area contributed by atoms with Crippen LogP contribution in [0, 0.1) is 6.92 Å². The number of nitrogens with zero attached hydrogens (tertiary/aromatic N) is 1. The summed E-state index contributed by atoms with van der Waals surface area (Å²) >= 11 is 0. The second kappa shape index (κ2) is 9.26. The molecule has 82 valence electrons. The van der Waals surface area contributed by atoms with Crippen molar-refractivity contribution >= 4 is 5.69 Å². The van der Waals surface area contributed by atoms with Crippen molar-refractivity contribution in [1.82, 2.24) is 0 Å². The van der Waals surface area contributed by atoms with Gasteiger partial charge in [0, 0.05) is 0 Å². The summed E-state index contributed by atoms with van der Waals surface area (Å²) in [7, 11) is 0. The molecule has 0 heterocycles. The largest absolute Gasteiger partial charge is 1.00 e. The molecular formula is C15H15Li2N. The van der Waals surface area contributed by atoms with E-state index in [-0.39, 0.29) is 37.7 Å². The molecule has 0 atom stereocenters. The molecule has 2 aromatic rings. The zero-order valence-electron chi connectivity index (χ0n) is 11.3. The maximum absolute atomic E-state index is 4.51. The third-order valence-corrected chi connectivity index (χ3v) is 2.55. The molecule has 3 heteroatoms. The summed E-state index contributed by atoms with van der Waals surface area (Å²) in [6.07, 6.45) is 0.953. The minimum Gasteiger partial charge on any atom is -0.685 e. The Morgan fingerprint density at radius 3 is 2.11 bits per heavy atom. The van der Waals surface area contributed by atoms with Crippen LogP contribution < -0.4 is 37.7 Å². The molecule has 0 saturated heterocycles. The summed E-state index contributed by atoms with van der Waals surface area (Å²) in [6.45, 7) is 4.82. The quantitative estimate of drug-likeness (QED) is 0.426. The number of hydrogen-bond donors (Lipinski definition) is 0. The van der Waals surface area contributed by atoms with Crippen LogP contribution in [-0.2, 0) is 6.42 Å². The third kappa shape index (κ3) is 5.30. The molecular weight excluding hydrogens is 208 g/mol. The Morgan fingerprint density at radius 2 is 1.44 bits per heavy atom. The van der Waals surface area contributed by atoms with E-state index in [4.69, 9.17) is 0 Å². The van der Waals surface area contributed by atoms with Crippen LogP contribution in [0.4, 0.5) is 5.69 Å². The normalized spacial score (nSPS) is 8.89. The van der Waals surface area contributed by atoms with E-state index in [1.807, 2.05) is 48.5 Å². The first-order chi connectivity index (χ1) is 7.86. The van der Waals surface area contributed by atoms with Crippen molar-refractivity contribution in [2.75, 3.05) is 6.54 Å². The van der Waals surface area contributed by atoms with Crippen LogP contribution in [0.3, 0.4) is 0 Å². The van der Waals surface area contributed by atoms with E-state index >= 15 is 0 Å². The van der Waals surface area contributed by atoms with E-state index in [2.05, 4.69) is 18.3 Å². The molecule has 0 aromatic heterocycles. The zero-order chi connectivity index (χ0) is 11.2. The molecule has 0 amide bonds. The average molecular weight is 223 g/mol. The van der Waals surface area contributed by atoms with Gasteiger partial charge in [0.2, 0.25) is 0 Å². The van der Waals surface area contributed by atoms with Crippen LogP contribution in [0.1, 0.15) is 11.1 Å². The molecule has 0 saturated carbocycles. The van der Waals surface area contributed by atoms with Gasteiger partial charge < -0.3 is 5.32 Å². The van der Waals surface area contributed by atoms with E-state index in [1.54, 1.807) is 0 Å². The Balaban J connectivity index is 0.00000144. The monoisotopic (exact) mass is 223 g/mol. The first kappa shape index (κ1) is 17.3. The Bertz CT molecular complexity index is 443. The molecule has 0 N–H and O–H groups in total. The zero-order valence-corrected chi connectivity index (χ0v) is 11.3. The summed E-state index contributed by atoms with van der Waals surface area (Å²) in [5.74, 6) is 0. The molecule has 0 aliphatic heterocycles. The molecule has 0 aliphatic carbocycles. The molecule has 2 aromatic carbocycles. The Morgan fingerprint density at radius 1 is 0.833 bits per heavy atom. The molecule has 0 radical (unpaired) electrons. The number of benzene rings is 2. The average Bonchev–Trinajstić information content (AvgIpc) is 2.33. The van der Waals surface area contributed by atoms with E-state index in [9.17, 15) is 0 Å². The number of rotatable bonds is 4. The summed E-state index contributed by atoms with van der Waals surface area (Å²) in [5, 5.41) is 4.51. The van der Waals surface area contributed by atoms with E-state index < -0.39 is 0 Å². The van der Waals surface area contributed by atoms with Gasteiger partial charge in [-0.1, -0.05) is 42.8 Å². The maximum atomic E-state index is 4.51. The molecule has 0 bridgehead atoms. The first-order valence-electron chi connectivity index (χ1n) is 5.48. The van der Waals surface area contributed by atoms with Gasteiger partial charge >= 0.3 is 37.7 Å². The van der Waals surface area contributed by atoms with E-state index in [1.165, 1.54) is 5.56 Å². The van der Waals surface area contributed by atoms with Crippen molar-refractivity contribution in [3.8, 4) is 0 Å². The summed E-state index contributed by atoms with van der Waals surface area (Å²) in [5.41, 5.74) is 3.43. The van der Waals surface area contributed by atoms with Crippen LogP contribution in [0.5, 0.6) is 0 Å². The molecule has 1 nitrogen and oxygen atoms in total. The standard InChI is InChI=1S/C15H15N.2Li/c1-13-7-5-6-8-14(13)11-12-16-15-9-3-2-4-10-15;;/h2-10H,1,11-12H2;;/q-2;2*+1. The topological polar surface area (TPSA) is 14.1 Å². The fraction of sp³-hybridized carbons (Fsp3) is 0.133. The molecule has 0 aliphatic rings. The predicted molar refractivity (Wildman–Crippen MR) is 68.9 cm³/mol. The fourth-order valence-corrected chi connectivity index (χ4v) is 1.64. The van der Waals surface area contributed by atoms with Crippen LogP contribution in [0.2, 0.25) is 0 Å². The number of hydrogen-bond acceptors (Lipinski definition) is 0. The van der Waals surface area contributed by atoms with Crippen LogP contribution in [0.25, 0.3) is 5.32 Å². The van der Waals surface area contributed by atoms with Gasteiger partial charge in [0.05, 0.1) is 0 Å². The van der Waals surface area contributed by atoms with Crippen molar-refractivity contribution in [3.63, 3.8) is 0 Å². The Labute approximate surface area is 134 Å². The Kier molecular flexibility index (Phi) is 8.91. The van der Waals surface area contributed by atoms with Gasteiger partial charge in [0.25, 0.3) is 0 Å². The van der Waals surface area contributed by atoms with Crippen molar-refractivity contribution in [2.45, 2.75) is 6.42 Å². The van der Waals surface area contributed by atoms with Crippen LogP contribution in [-0.4, -0.2) is 6.54 Å². The molecule has 0 fully saturated rings. The van der Waals surface area contributed by atoms with E-state index in [0.29, 0.717) is 0 Å².